The van der Waals surface area contributed by atoms with Gasteiger partial charge in [0, 0.05) is 30.4 Å². The van der Waals surface area contributed by atoms with Gasteiger partial charge < -0.3 is 0 Å². The first-order chi connectivity index (χ1) is 21.3. The first-order valence-electron chi connectivity index (χ1n) is 14.0. The molecule has 9 nitrogen and oxygen atoms in total. The first kappa shape index (κ1) is 28.0. The van der Waals surface area contributed by atoms with E-state index in [1.54, 1.807) is 53.2 Å². The van der Waals surface area contributed by atoms with Crippen LogP contribution in [0.3, 0.4) is 0 Å². The molecule has 6 aromatic rings. The van der Waals surface area contributed by atoms with Crippen molar-refractivity contribution in [3.63, 3.8) is 0 Å². The van der Waals surface area contributed by atoms with E-state index in [4.69, 9.17) is 5.10 Å². The predicted molar refractivity (Wildman–Crippen MR) is 168 cm³/mol. The zero-order valence-electron chi connectivity index (χ0n) is 23.2. The Labute approximate surface area is 255 Å². The highest BCUT2D eigenvalue weighted by Gasteiger charge is 2.27. The first-order valence-corrected chi connectivity index (χ1v) is 16.2. The number of thiazole rings is 1. The minimum atomic E-state index is -3.63. The van der Waals surface area contributed by atoms with E-state index in [0.29, 0.717) is 45.2 Å². The smallest absolute Gasteiger partial charge is 0.266 e. The molecule has 0 spiro atoms. The third kappa shape index (κ3) is 5.39. The van der Waals surface area contributed by atoms with Gasteiger partial charge in [-0.15, -0.1) is 5.10 Å². The molecule has 12 heteroatoms. The number of halogens is 1. The molecular formula is C32H25FN6O3S2. The summed E-state index contributed by atoms with van der Waals surface area (Å²) in [6.45, 7) is 1.02. The number of aromatic nitrogens is 5. The fourth-order valence-corrected chi connectivity index (χ4v) is 7.59. The highest BCUT2D eigenvalue weighted by molar-refractivity contribution is 7.89. The number of para-hydroxylation sites is 1. The molecule has 0 amide bonds. The number of rotatable bonds is 7. The Morgan fingerprint density at radius 3 is 2.41 bits per heavy atom. The number of benzene rings is 3. The van der Waals surface area contributed by atoms with Crippen LogP contribution in [0.2, 0.25) is 0 Å². The second-order valence-electron chi connectivity index (χ2n) is 10.3. The zero-order valence-corrected chi connectivity index (χ0v) is 24.9. The summed E-state index contributed by atoms with van der Waals surface area (Å²) in [4.78, 5) is 18.5. The van der Waals surface area contributed by atoms with Gasteiger partial charge in [-0.2, -0.15) is 18.9 Å². The van der Waals surface area contributed by atoms with Crippen LogP contribution in [0.4, 0.5) is 4.39 Å². The molecule has 1 fully saturated rings. The van der Waals surface area contributed by atoms with Crippen LogP contribution in [0.15, 0.2) is 94.7 Å². The number of hydrogen-bond donors (Lipinski definition) is 0. The number of hydrogen-bond acceptors (Lipinski definition) is 7. The average Bonchev–Trinajstić information content (AvgIpc) is 3.85. The lowest BCUT2D eigenvalue weighted by Crippen LogP contribution is -2.27. The second-order valence-corrected chi connectivity index (χ2v) is 13.3. The van der Waals surface area contributed by atoms with Crippen molar-refractivity contribution in [2.45, 2.75) is 17.7 Å². The zero-order chi connectivity index (χ0) is 30.3. The molecular weight excluding hydrogens is 600 g/mol. The molecule has 1 saturated heterocycles. The molecule has 3 aromatic heterocycles. The van der Waals surface area contributed by atoms with Crippen LogP contribution in [0, 0.1) is 5.82 Å². The number of sulfonamides is 1. The molecule has 0 N–H and O–H groups in total. The fourth-order valence-electron chi connectivity index (χ4n) is 5.12. The van der Waals surface area contributed by atoms with Gasteiger partial charge >= 0.3 is 0 Å². The quantitative estimate of drug-likeness (QED) is 0.256. The number of fused-ring (bicyclic) bond motifs is 1. The van der Waals surface area contributed by atoms with Crippen molar-refractivity contribution in [1.29, 1.82) is 0 Å². The summed E-state index contributed by atoms with van der Waals surface area (Å²) in [6, 6.07) is 22.3. The fraction of sp³-hybridized carbons (Fsp3) is 0.125. The van der Waals surface area contributed by atoms with Crippen LogP contribution in [0.1, 0.15) is 29.8 Å². The standard InChI is InChI=1S/C32H25FN6O3S2/c33-25-14-11-22(12-15-25)13-16-29-34-32-39(35-29)31(40)28(43-32)20-24-21-38(26-8-2-1-3-9-26)36-30(24)23-7-6-10-27(19-23)44(41,42)37-17-4-5-18-37/h1-3,6-16,19-21H,4-5,17-18H2/b16-13+,28-20-. The normalized spacial score (nSPS) is 14.8. The van der Waals surface area contributed by atoms with Gasteiger partial charge in [0.1, 0.15) is 11.5 Å². The molecule has 4 heterocycles. The molecule has 0 bridgehead atoms. The summed E-state index contributed by atoms with van der Waals surface area (Å²) < 4.78 is 44.7. The van der Waals surface area contributed by atoms with E-state index < -0.39 is 10.0 Å². The van der Waals surface area contributed by atoms with Crippen molar-refractivity contribution in [2.24, 2.45) is 0 Å². The van der Waals surface area contributed by atoms with E-state index in [1.807, 2.05) is 42.6 Å². The Morgan fingerprint density at radius 1 is 0.886 bits per heavy atom. The summed E-state index contributed by atoms with van der Waals surface area (Å²) in [5.74, 6) is 0.0395. The predicted octanol–water partition coefficient (Wildman–Crippen LogP) is 4.65. The van der Waals surface area contributed by atoms with Crippen LogP contribution < -0.4 is 10.1 Å². The van der Waals surface area contributed by atoms with Crippen LogP contribution in [-0.2, 0) is 10.0 Å². The van der Waals surface area contributed by atoms with Crippen molar-refractivity contribution in [1.82, 2.24) is 28.7 Å². The lowest BCUT2D eigenvalue weighted by atomic mass is 10.1. The highest BCUT2D eigenvalue weighted by atomic mass is 32.2. The van der Waals surface area contributed by atoms with E-state index in [9.17, 15) is 17.6 Å². The van der Waals surface area contributed by atoms with Crippen LogP contribution in [0.25, 0.3) is 40.1 Å². The molecule has 220 valence electrons. The maximum Gasteiger partial charge on any atom is 0.291 e. The van der Waals surface area contributed by atoms with Crippen molar-refractivity contribution in [3.8, 4) is 16.9 Å². The molecule has 3 aromatic carbocycles. The van der Waals surface area contributed by atoms with E-state index >= 15 is 0 Å². The van der Waals surface area contributed by atoms with Crippen molar-refractivity contribution < 1.29 is 12.8 Å². The van der Waals surface area contributed by atoms with Gasteiger partial charge in [0.2, 0.25) is 15.0 Å². The van der Waals surface area contributed by atoms with E-state index in [2.05, 4.69) is 10.1 Å². The molecule has 0 atom stereocenters. The van der Waals surface area contributed by atoms with Crippen LogP contribution >= 0.6 is 11.3 Å². The molecule has 44 heavy (non-hydrogen) atoms. The van der Waals surface area contributed by atoms with Gasteiger partial charge in [-0.3, -0.25) is 4.79 Å². The summed E-state index contributed by atoms with van der Waals surface area (Å²) in [6.07, 6.45) is 8.67. The molecule has 0 unspecified atom stereocenters. The van der Waals surface area contributed by atoms with Crippen molar-refractivity contribution in [2.75, 3.05) is 13.1 Å². The van der Waals surface area contributed by atoms with Gasteiger partial charge in [0.15, 0.2) is 5.82 Å². The van der Waals surface area contributed by atoms with Gasteiger partial charge in [0.05, 0.1) is 15.1 Å². The van der Waals surface area contributed by atoms with E-state index in [1.165, 1.54) is 32.3 Å². The van der Waals surface area contributed by atoms with E-state index in [-0.39, 0.29) is 16.3 Å². The lowest BCUT2D eigenvalue weighted by molar-refractivity contribution is 0.477. The molecule has 1 aliphatic rings. The molecule has 7 rings (SSSR count). The Hall–Kier alpha value is -4.78. The van der Waals surface area contributed by atoms with E-state index in [0.717, 1.165) is 24.1 Å². The summed E-state index contributed by atoms with van der Waals surface area (Å²) in [7, 11) is -3.63. The SMILES string of the molecule is O=c1/c(=C/c2cn(-c3ccccc3)nc2-c2cccc(S(=O)(=O)N3CCCC3)c2)sc2nc(/C=C/c3ccc(F)cc3)nn12. The van der Waals surface area contributed by atoms with Crippen LogP contribution in [0.5, 0.6) is 0 Å². The van der Waals surface area contributed by atoms with Gasteiger partial charge in [-0.25, -0.2) is 17.5 Å². The van der Waals surface area contributed by atoms with Gasteiger partial charge in [-0.05, 0) is 67.0 Å². The summed E-state index contributed by atoms with van der Waals surface area (Å²) in [5, 5.41) is 9.17. The molecule has 0 saturated carbocycles. The molecule has 0 aliphatic carbocycles. The molecule has 1 aliphatic heterocycles. The highest BCUT2D eigenvalue weighted by Crippen LogP contribution is 2.29. The average molecular weight is 625 g/mol. The minimum Gasteiger partial charge on any atom is -0.266 e. The Morgan fingerprint density at radius 2 is 1.66 bits per heavy atom. The molecule has 0 radical (unpaired) electrons. The Kier molecular flexibility index (Phi) is 7.24. The third-order valence-electron chi connectivity index (χ3n) is 7.35. The summed E-state index contributed by atoms with van der Waals surface area (Å²) in [5.41, 5.74) is 3.06. The Bertz CT molecular complexity index is 2230. The lowest BCUT2D eigenvalue weighted by Gasteiger charge is -2.15. The largest absolute Gasteiger partial charge is 0.291 e. The maximum absolute atomic E-state index is 13.4. The maximum atomic E-state index is 13.4. The minimum absolute atomic E-state index is 0.210. The number of nitrogens with zero attached hydrogens (tertiary/aromatic N) is 6. The van der Waals surface area contributed by atoms with Gasteiger partial charge in [0.25, 0.3) is 5.56 Å². The van der Waals surface area contributed by atoms with Crippen molar-refractivity contribution >= 4 is 44.5 Å². The third-order valence-corrected chi connectivity index (χ3v) is 10.2. The van der Waals surface area contributed by atoms with Crippen molar-refractivity contribution in [3.05, 3.63) is 123 Å². The second kappa shape index (κ2) is 11.4. The topological polar surface area (TPSA) is 102 Å². The Balaban J connectivity index is 1.29. The van der Waals surface area contributed by atoms with Gasteiger partial charge in [-0.1, -0.05) is 59.9 Å². The monoisotopic (exact) mass is 624 g/mol. The van der Waals surface area contributed by atoms with Crippen LogP contribution in [-0.4, -0.2) is 50.2 Å². The summed E-state index contributed by atoms with van der Waals surface area (Å²) >= 11 is 1.19.